The van der Waals surface area contributed by atoms with E-state index in [1.165, 1.54) is 5.56 Å². The molecule has 0 aromatic heterocycles. The number of carbonyl (C=O) groups is 1. The van der Waals surface area contributed by atoms with Gasteiger partial charge in [-0.25, -0.2) is 0 Å². The lowest BCUT2D eigenvalue weighted by molar-refractivity contribution is -0.138. The Labute approximate surface area is 278 Å². The van der Waals surface area contributed by atoms with Crippen LogP contribution in [0.2, 0.25) is 0 Å². The lowest BCUT2D eigenvalue weighted by atomic mass is 9.90. The number of allylic oxidation sites excluding steroid dienone is 6. The predicted octanol–water partition coefficient (Wildman–Crippen LogP) is 8.98. The van der Waals surface area contributed by atoms with Crippen LogP contribution in [0.25, 0.3) is 6.08 Å². The molecule has 2 atom stereocenters. The van der Waals surface area contributed by atoms with Crippen molar-refractivity contribution in [2.75, 3.05) is 5.75 Å². The molecule has 7 heteroatoms. The number of rotatable bonds is 12. The minimum atomic E-state index is -0.908. The lowest BCUT2D eigenvalue weighted by Gasteiger charge is -2.24. The summed E-state index contributed by atoms with van der Waals surface area (Å²) in [6.07, 6.45) is 17.2. The number of benzene rings is 2. The molecule has 4 N–H and O–H groups in total. The second kappa shape index (κ2) is 15.6. The van der Waals surface area contributed by atoms with Crippen LogP contribution >= 0.6 is 23.4 Å². The maximum atomic E-state index is 11.5. The summed E-state index contributed by atoms with van der Waals surface area (Å²) in [5.74, 6) is 0.429. The normalized spacial score (nSPS) is 19.2. The molecule has 1 aliphatic heterocycles. The van der Waals surface area contributed by atoms with Crippen molar-refractivity contribution in [2.24, 2.45) is 22.1 Å². The number of nitrogens with zero attached hydrogens (tertiary/aromatic N) is 1. The van der Waals surface area contributed by atoms with Gasteiger partial charge in [-0.3, -0.25) is 9.79 Å². The van der Waals surface area contributed by atoms with Crippen LogP contribution in [-0.4, -0.2) is 33.7 Å². The number of aliphatic imine (C=N–C) groups is 1. The maximum Gasteiger partial charge on any atom is 0.303 e. The van der Waals surface area contributed by atoms with E-state index in [1.807, 2.05) is 75.9 Å². The SMILES string of the molecule is CC(C)(O)c1ccccc1CC[C@H](SCC1(CC(=O)O)CC1)c1cccc(/C=C/C2=NC3=CC(Cl)=CCC3C=C2)c1.CC(C)N. The Morgan fingerprint density at radius 1 is 1.18 bits per heavy atom. The van der Waals surface area contributed by atoms with E-state index in [0.717, 1.165) is 71.0 Å². The van der Waals surface area contributed by atoms with E-state index >= 15 is 0 Å². The van der Waals surface area contributed by atoms with Crippen LogP contribution in [-0.2, 0) is 16.8 Å². The van der Waals surface area contributed by atoms with Crippen molar-refractivity contribution in [1.82, 2.24) is 0 Å². The number of aliphatic hydroxyl groups is 1. The van der Waals surface area contributed by atoms with E-state index in [2.05, 4.69) is 48.6 Å². The molecule has 0 bridgehead atoms. The number of carboxylic acids is 1. The average Bonchev–Trinajstić information content (AvgIpc) is 3.74. The molecule has 0 saturated heterocycles. The fourth-order valence-corrected chi connectivity index (χ4v) is 7.38. The van der Waals surface area contributed by atoms with Crippen molar-refractivity contribution in [2.45, 2.75) is 83.1 Å². The monoisotopic (exact) mass is 646 g/mol. The summed E-state index contributed by atoms with van der Waals surface area (Å²) < 4.78 is 0. The summed E-state index contributed by atoms with van der Waals surface area (Å²) in [5, 5.41) is 21.1. The smallest absolute Gasteiger partial charge is 0.303 e. The zero-order valence-corrected chi connectivity index (χ0v) is 28.5. The van der Waals surface area contributed by atoms with E-state index in [0.29, 0.717) is 12.0 Å². The summed E-state index contributed by atoms with van der Waals surface area (Å²) in [6.45, 7) is 7.55. The van der Waals surface area contributed by atoms with Crippen LogP contribution in [0.15, 0.2) is 94.6 Å². The third-order valence-corrected chi connectivity index (χ3v) is 10.1. The molecular formula is C38H47ClN2O3S. The minimum absolute atomic E-state index is 0.0769. The summed E-state index contributed by atoms with van der Waals surface area (Å²) in [4.78, 5) is 16.3. The third-order valence-electron chi connectivity index (χ3n) is 8.15. The molecule has 0 radical (unpaired) electrons. The Morgan fingerprint density at radius 3 is 2.60 bits per heavy atom. The highest BCUT2D eigenvalue weighted by molar-refractivity contribution is 7.99. The first kappa shape index (κ1) is 35.0. The van der Waals surface area contributed by atoms with Gasteiger partial charge in [-0.15, -0.1) is 0 Å². The van der Waals surface area contributed by atoms with Gasteiger partial charge in [-0.1, -0.05) is 92.2 Å². The fourth-order valence-electron chi connectivity index (χ4n) is 5.61. The third kappa shape index (κ3) is 10.8. The number of fused-ring (bicyclic) bond motifs is 1. The Morgan fingerprint density at radius 2 is 1.91 bits per heavy atom. The standard InChI is InChI=1S/C35H38ClNO3S.C3H9N/c1-34(2,40)30-9-4-3-7-25(30)13-17-32(41-23-35(18-19-35)22-33(38)39)27-8-5-6-24(20-27)10-15-29-16-12-26-11-14-28(36)21-31(26)37-29;1-3(2)4/h3-10,12,14-16,20-21,26,32,40H,11,13,17-19,22-23H2,1-2H3,(H,38,39);3H,4H2,1-2H3/b15-10+;/t26?,32-;/m0./s1. The molecular weight excluding hydrogens is 600 g/mol. The van der Waals surface area contributed by atoms with Crippen LogP contribution < -0.4 is 5.73 Å². The van der Waals surface area contributed by atoms with Gasteiger partial charge in [0.05, 0.1) is 17.7 Å². The van der Waals surface area contributed by atoms with Gasteiger partial charge >= 0.3 is 5.97 Å². The molecule has 45 heavy (non-hydrogen) atoms. The van der Waals surface area contributed by atoms with Crippen molar-refractivity contribution in [3.05, 3.63) is 112 Å². The molecule has 0 spiro atoms. The number of aryl methyl sites for hydroxylation is 1. The highest BCUT2D eigenvalue weighted by Gasteiger charge is 2.44. The number of hydrogen-bond acceptors (Lipinski definition) is 5. The molecule has 1 fully saturated rings. The summed E-state index contributed by atoms with van der Waals surface area (Å²) in [7, 11) is 0. The summed E-state index contributed by atoms with van der Waals surface area (Å²) >= 11 is 8.09. The zero-order valence-electron chi connectivity index (χ0n) is 26.9. The van der Waals surface area contributed by atoms with Crippen LogP contribution in [0.4, 0.5) is 0 Å². The van der Waals surface area contributed by atoms with Gasteiger partial charge in [0.25, 0.3) is 0 Å². The number of hydrogen-bond donors (Lipinski definition) is 3. The lowest BCUT2D eigenvalue weighted by Crippen LogP contribution is -2.18. The quantitative estimate of drug-likeness (QED) is 0.214. The first-order chi connectivity index (χ1) is 21.3. The number of nitrogens with two attached hydrogens (primary N) is 1. The Hall–Kier alpha value is -2.90. The van der Waals surface area contributed by atoms with Gasteiger partial charge in [0.2, 0.25) is 0 Å². The van der Waals surface area contributed by atoms with Crippen molar-refractivity contribution < 1.29 is 15.0 Å². The average molecular weight is 647 g/mol. The zero-order chi connectivity index (χ0) is 32.6. The van der Waals surface area contributed by atoms with E-state index in [1.54, 1.807) is 0 Å². The van der Waals surface area contributed by atoms with Gasteiger partial charge in [0.1, 0.15) is 0 Å². The highest BCUT2D eigenvalue weighted by atomic mass is 35.5. The molecule has 3 aliphatic rings. The van der Waals surface area contributed by atoms with Gasteiger partial charge in [-0.2, -0.15) is 11.8 Å². The number of aliphatic carboxylic acids is 1. The van der Waals surface area contributed by atoms with Crippen LogP contribution in [0, 0.1) is 11.3 Å². The molecule has 1 saturated carbocycles. The Kier molecular flexibility index (Phi) is 12.1. The number of carboxylic acid groups (broad SMARTS) is 1. The summed E-state index contributed by atoms with van der Waals surface area (Å²) in [5.41, 5.74) is 10.5. The second-order valence-corrected chi connectivity index (χ2v) is 14.9. The molecule has 1 unspecified atom stereocenters. The second-order valence-electron chi connectivity index (χ2n) is 13.3. The highest BCUT2D eigenvalue weighted by Crippen LogP contribution is 2.53. The Bertz CT molecular complexity index is 1490. The van der Waals surface area contributed by atoms with Crippen molar-refractivity contribution in [3.63, 3.8) is 0 Å². The van der Waals surface area contributed by atoms with E-state index in [4.69, 9.17) is 22.3 Å². The van der Waals surface area contributed by atoms with Gasteiger partial charge in [-0.05, 0) is 97.9 Å². The molecule has 2 aliphatic carbocycles. The van der Waals surface area contributed by atoms with E-state index in [9.17, 15) is 15.0 Å². The first-order valence-electron chi connectivity index (χ1n) is 15.9. The number of halogens is 1. The molecule has 2 aromatic rings. The van der Waals surface area contributed by atoms with Crippen LogP contribution in [0.3, 0.4) is 0 Å². The minimum Gasteiger partial charge on any atom is -0.481 e. The predicted molar refractivity (Wildman–Crippen MR) is 191 cm³/mol. The van der Waals surface area contributed by atoms with Crippen molar-refractivity contribution >= 4 is 41.1 Å². The maximum absolute atomic E-state index is 11.5. The number of dihydropyridines is 1. The molecule has 240 valence electrons. The fraction of sp³-hybridized carbons (Fsp3) is 0.421. The topological polar surface area (TPSA) is 95.9 Å². The van der Waals surface area contributed by atoms with Gasteiger partial charge < -0.3 is 15.9 Å². The largest absolute Gasteiger partial charge is 0.481 e. The number of thioether (sulfide) groups is 1. The summed E-state index contributed by atoms with van der Waals surface area (Å²) in [6, 6.07) is 17.1. The van der Waals surface area contributed by atoms with Crippen LogP contribution in [0.5, 0.6) is 0 Å². The first-order valence-corrected chi connectivity index (χ1v) is 17.3. The van der Waals surface area contributed by atoms with Gasteiger partial charge in [0.15, 0.2) is 0 Å². The Balaban J connectivity index is 0.00000109. The molecule has 5 nitrogen and oxygen atoms in total. The molecule has 1 heterocycles. The van der Waals surface area contributed by atoms with Gasteiger partial charge in [0, 0.05) is 27.7 Å². The van der Waals surface area contributed by atoms with Crippen LogP contribution in [0.1, 0.15) is 87.3 Å². The van der Waals surface area contributed by atoms with E-state index < -0.39 is 11.6 Å². The molecule has 5 rings (SSSR count). The van der Waals surface area contributed by atoms with E-state index in [-0.39, 0.29) is 17.1 Å². The van der Waals surface area contributed by atoms with Crippen molar-refractivity contribution in [1.29, 1.82) is 0 Å². The van der Waals surface area contributed by atoms with Crippen molar-refractivity contribution in [3.8, 4) is 0 Å². The molecule has 0 amide bonds. The molecule has 2 aromatic carbocycles.